The third kappa shape index (κ3) is 2.55. The van der Waals surface area contributed by atoms with E-state index < -0.39 is 0 Å². The fourth-order valence-electron chi connectivity index (χ4n) is 2.61. The molecule has 3 nitrogen and oxygen atoms in total. The Bertz CT molecular complexity index is 762. The molecule has 3 aromatic rings. The highest BCUT2D eigenvalue weighted by atomic mass is 15.2. The summed E-state index contributed by atoms with van der Waals surface area (Å²) in [4.78, 5) is 6.76. The molecule has 3 heteroatoms. The summed E-state index contributed by atoms with van der Waals surface area (Å²) in [7, 11) is 2.07. The second-order valence-electron chi connectivity index (χ2n) is 5.31. The molecule has 1 heterocycles. The molecule has 2 N–H and O–H groups in total. The van der Waals surface area contributed by atoms with Crippen LogP contribution in [-0.4, -0.2) is 12.0 Å². The molecule has 1 unspecified atom stereocenters. The minimum atomic E-state index is 0.201. The van der Waals surface area contributed by atoms with Crippen molar-refractivity contribution in [3.05, 3.63) is 66.4 Å². The highest BCUT2D eigenvalue weighted by Crippen LogP contribution is 2.30. The maximum Gasteiger partial charge on any atom is 0.136 e. The number of nitrogen functional groups attached to an aromatic ring is 1. The Morgan fingerprint density at radius 2 is 1.86 bits per heavy atom. The highest BCUT2D eigenvalue weighted by Gasteiger charge is 2.15. The van der Waals surface area contributed by atoms with Crippen LogP contribution in [-0.2, 0) is 0 Å². The van der Waals surface area contributed by atoms with Crippen LogP contribution in [0.2, 0.25) is 0 Å². The van der Waals surface area contributed by atoms with Gasteiger partial charge in [-0.1, -0.05) is 36.4 Å². The first-order chi connectivity index (χ1) is 10.2. The molecular formula is C18H19N3. The van der Waals surface area contributed by atoms with E-state index in [0.717, 1.165) is 11.5 Å². The Kier molecular flexibility index (Phi) is 3.48. The molecule has 0 saturated heterocycles. The Morgan fingerprint density at radius 1 is 1.05 bits per heavy atom. The van der Waals surface area contributed by atoms with E-state index in [1.54, 1.807) is 0 Å². The zero-order chi connectivity index (χ0) is 14.8. The van der Waals surface area contributed by atoms with Crippen molar-refractivity contribution < 1.29 is 0 Å². The van der Waals surface area contributed by atoms with Crippen LogP contribution in [0.1, 0.15) is 18.5 Å². The van der Waals surface area contributed by atoms with Gasteiger partial charge < -0.3 is 10.6 Å². The molecular weight excluding hydrogens is 258 g/mol. The summed E-state index contributed by atoms with van der Waals surface area (Å²) in [5.74, 6) is 0.989. The van der Waals surface area contributed by atoms with Gasteiger partial charge in [0.05, 0.1) is 6.04 Å². The number of nitrogens with zero attached hydrogens (tertiary/aromatic N) is 2. The average molecular weight is 277 g/mol. The summed E-state index contributed by atoms with van der Waals surface area (Å²) in [6.07, 6.45) is 1.86. The second-order valence-corrected chi connectivity index (χ2v) is 5.31. The first-order valence-electron chi connectivity index (χ1n) is 7.09. The number of nitrogens with two attached hydrogens (primary N) is 1. The van der Waals surface area contributed by atoms with Crippen LogP contribution < -0.4 is 10.6 Å². The van der Waals surface area contributed by atoms with Gasteiger partial charge in [-0.05, 0) is 36.1 Å². The molecule has 0 amide bonds. The fraction of sp³-hybridized carbons (Fsp3) is 0.167. The van der Waals surface area contributed by atoms with Crippen molar-refractivity contribution >= 4 is 22.3 Å². The van der Waals surface area contributed by atoms with Gasteiger partial charge in [-0.25, -0.2) is 4.98 Å². The predicted molar refractivity (Wildman–Crippen MR) is 89.4 cm³/mol. The third-order valence-electron chi connectivity index (χ3n) is 3.96. The summed E-state index contributed by atoms with van der Waals surface area (Å²) >= 11 is 0. The summed E-state index contributed by atoms with van der Waals surface area (Å²) in [5.41, 5.74) is 7.87. The zero-order valence-electron chi connectivity index (χ0n) is 12.3. The lowest BCUT2D eigenvalue weighted by atomic mass is 10.1. The van der Waals surface area contributed by atoms with Crippen molar-refractivity contribution in [2.75, 3.05) is 17.7 Å². The van der Waals surface area contributed by atoms with Gasteiger partial charge in [0.15, 0.2) is 0 Å². The molecule has 0 aliphatic heterocycles. The van der Waals surface area contributed by atoms with Crippen LogP contribution in [0.25, 0.3) is 10.8 Å². The van der Waals surface area contributed by atoms with Gasteiger partial charge in [-0.15, -0.1) is 0 Å². The van der Waals surface area contributed by atoms with E-state index >= 15 is 0 Å². The van der Waals surface area contributed by atoms with E-state index in [9.17, 15) is 0 Å². The quantitative estimate of drug-likeness (QED) is 0.735. The molecule has 0 radical (unpaired) electrons. The van der Waals surface area contributed by atoms with E-state index in [1.165, 1.54) is 16.3 Å². The number of hydrogen-bond acceptors (Lipinski definition) is 3. The molecule has 3 rings (SSSR count). The number of benzene rings is 2. The highest BCUT2D eigenvalue weighted by molar-refractivity contribution is 5.92. The van der Waals surface area contributed by atoms with Crippen LogP contribution in [0.3, 0.4) is 0 Å². The van der Waals surface area contributed by atoms with Crippen molar-refractivity contribution in [1.82, 2.24) is 4.98 Å². The molecule has 106 valence electrons. The molecule has 0 aliphatic carbocycles. The summed E-state index contributed by atoms with van der Waals surface area (Å²) in [6.45, 7) is 2.16. The fourth-order valence-corrected chi connectivity index (χ4v) is 2.61. The summed E-state index contributed by atoms with van der Waals surface area (Å²) < 4.78 is 0. The van der Waals surface area contributed by atoms with Crippen molar-refractivity contribution in [3.63, 3.8) is 0 Å². The summed E-state index contributed by atoms with van der Waals surface area (Å²) in [5, 5.41) is 2.37. The predicted octanol–water partition coefficient (Wildman–Crippen LogP) is 4.01. The maximum atomic E-state index is 5.89. The molecule has 0 bridgehead atoms. The maximum absolute atomic E-state index is 5.89. The lowest BCUT2D eigenvalue weighted by Gasteiger charge is -2.27. The minimum absolute atomic E-state index is 0.201. The van der Waals surface area contributed by atoms with Crippen LogP contribution in [0.4, 0.5) is 11.5 Å². The first kappa shape index (κ1) is 13.4. The SMILES string of the molecule is CC(c1cccc(N)c1)N(C)c1nccc2ccccc12. The largest absolute Gasteiger partial charge is 0.399 e. The van der Waals surface area contributed by atoms with Gasteiger partial charge in [0, 0.05) is 24.3 Å². The number of aromatic nitrogens is 1. The van der Waals surface area contributed by atoms with Crippen molar-refractivity contribution in [3.8, 4) is 0 Å². The van der Waals surface area contributed by atoms with Gasteiger partial charge in [0.25, 0.3) is 0 Å². The molecule has 1 aromatic heterocycles. The molecule has 2 aromatic carbocycles. The minimum Gasteiger partial charge on any atom is -0.399 e. The number of anilines is 2. The Balaban J connectivity index is 2.02. The summed E-state index contributed by atoms with van der Waals surface area (Å²) in [6, 6.07) is 18.6. The van der Waals surface area contributed by atoms with Crippen molar-refractivity contribution in [2.45, 2.75) is 13.0 Å². The van der Waals surface area contributed by atoms with Crippen LogP contribution >= 0.6 is 0 Å². The number of rotatable bonds is 3. The normalized spacial score (nSPS) is 12.3. The average Bonchev–Trinajstić information content (AvgIpc) is 2.53. The van der Waals surface area contributed by atoms with E-state index in [1.807, 2.05) is 42.6 Å². The molecule has 0 aliphatic rings. The Labute approximate surface area is 125 Å². The van der Waals surface area contributed by atoms with Crippen molar-refractivity contribution in [2.24, 2.45) is 0 Å². The number of fused-ring (bicyclic) bond motifs is 1. The van der Waals surface area contributed by atoms with Gasteiger partial charge in [0.2, 0.25) is 0 Å². The van der Waals surface area contributed by atoms with Gasteiger partial charge in [0.1, 0.15) is 5.82 Å². The van der Waals surface area contributed by atoms with Crippen molar-refractivity contribution in [1.29, 1.82) is 0 Å². The van der Waals surface area contributed by atoms with E-state index in [-0.39, 0.29) is 6.04 Å². The van der Waals surface area contributed by atoms with E-state index in [0.29, 0.717) is 0 Å². The monoisotopic (exact) mass is 277 g/mol. The Hall–Kier alpha value is -2.55. The molecule has 21 heavy (non-hydrogen) atoms. The lowest BCUT2D eigenvalue weighted by molar-refractivity contribution is 0.732. The van der Waals surface area contributed by atoms with Gasteiger partial charge >= 0.3 is 0 Å². The lowest BCUT2D eigenvalue weighted by Crippen LogP contribution is -2.22. The standard InChI is InChI=1S/C18H19N3/c1-13(15-7-5-8-16(19)12-15)21(2)18-17-9-4-3-6-14(17)10-11-20-18/h3-13H,19H2,1-2H3. The van der Waals surface area contributed by atoms with E-state index in [4.69, 9.17) is 5.73 Å². The third-order valence-corrected chi connectivity index (χ3v) is 3.96. The second kappa shape index (κ2) is 5.44. The number of hydrogen-bond donors (Lipinski definition) is 1. The smallest absolute Gasteiger partial charge is 0.136 e. The van der Waals surface area contributed by atoms with Crippen LogP contribution in [0, 0.1) is 0 Å². The molecule has 1 atom stereocenters. The number of pyridine rings is 1. The van der Waals surface area contributed by atoms with E-state index in [2.05, 4.69) is 42.1 Å². The zero-order valence-corrected chi connectivity index (χ0v) is 12.3. The van der Waals surface area contributed by atoms with Crippen LogP contribution in [0.15, 0.2) is 60.8 Å². The molecule has 0 fully saturated rings. The molecule has 0 saturated carbocycles. The van der Waals surface area contributed by atoms with Crippen LogP contribution in [0.5, 0.6) is 0 Å². The first-order valence-corrected chi connectivity index (χ1v) is 7.09. The van der Waals surface area contributed by atoms with Gasteiger partial charge in [-0.2, -0.15) is 0 Å². The topological polar surface area (TPSA) is 42.1 Å². The van der Waals surface area contributed by atoms with Gasteiger partial charge in [-0.3, -0.25) is 0 Å². The molecule has 0 spiro atoms. The Morgan fingerprint density at radius 3 is 2.67 bits per heavy atom.